The maximum absolute atomic E-state index is 14.4. The molecule has 1 atom stereocenters. The quantitative estimate of drug-likeness (QED) is 0.572. The van der Waals surface area contributed by atoms with Gasteiger partial charge in [-0.2, -0.15) is 0 Å². The normalized spacial score (nSPS) is 19.7. The molecule has 162 valence electrons. The van der Waals surface area contributed by atoms with Crippen LogP contribution < -0.4 is 4.90 Å². The second-order valence-electron chi connectivity index (χ2n) is 7.97. The van der Waals surface area contributed by atoms with E-state index in [4.69, 9.17) is 0 Å². The molecule has 1 fully saturated rings. The predicted molar refractivity (Wildman–Crippen MR) is 120 cm³/mol. The average Bonchev–Trinajstić information content (AvgIpc) is 3.31. The van der Waals surface area contributed by atoms with Crippen molar-refractivity contribution in [3.8, 4) is 0 Å². The van der Waals surface area contributed by atoms with E-state index in [1.807, 2.05) is 31.2 Å². The molecule has 32 heavy (non-hydrogen) atoms. The average molecular weight is 451 g/mol. The fraction of sp³-hybridized carbons (Fsp3) is 0.200. The molecule has 3 aromatic rings. The second kappa shape index (κ2) is 7.74. The first-order valence-electron chi connectivity index (χ1n) is 10.3. The highest BCUT2D eigenvalue weighted by Crippen LogP contribution is 2.55. The zero-order valence-corrected chi connectivity index (χ0v) is 18.2. The molecule has 4 nitrogen and oxygen atoms in total. The van der Waals surface area contributed by atoms with Crippen LogP contribution in [0.15, 0.2) is 66.7 Å². The summed E-state index contributed by atoms with van der Waals surface area (Å²) in [6.07, 6.45) is 0. The molecule has 1 saturated heterocycles. The van der Waals surface area contributed by atoms with Gasteiger partial charge in [-0.05, 0) is 42.8 Å². The highest BCUT2D eigenvalue weighted by molar-refractivity contribution is 8.01. The third-order valence-electron chi connectivity index (χ3n) is 5.93. The Morgan fingerprint density at radius 3 is 2.66 bits per heavy atom. The highest BCUT2D eigenvalue weighted by atomic mass is 32.2. The number of thioether (sulfide) groups is 1. The third kappa shape index (κ3) is 3.11. The fourth-order valence-corrected chi connectivity index (χ4v) is 5.97. The van der Waals surface area contributed by atoms with Gasteiger partial charge in [0.1, 0.15) is 11.6 Å². The molecule has 0 saturated carbocycles. The SMILES string of the molecule is Cc1cccc(CN2C(=O)[C@@]3(SCCN3C(=O)c3ccccc3F)c3cc(F)ccc32)c1. The summed E-state index contributed by atoms with van der Waals surface area (Å²) >= 11 is 1.29. The summed E-state index contributed by atoms with van der Waals surface area (Å²) in [5, 5.41) is 0. The monoisotopic (exact) mass is 450 g/mol. The summed E-state index contributed by atoms with van der Waals surface area (Å²) in [5.41, 5.74) is 2.90. The molecular formula is C25H20F2N2O2S. The number of fused-ring (bicyclic) bond motifs is 2. The molecule has 0 aliphatic carbocycles. The van der Waals surface area contributed by atoms with Gasteiger partial charge >= 0.3 is 0 Å². The Balaban J connectivity index is 1.61. The summed E-state index contributed by atoms with van der Waals surface area (Å²) < 4.78 is 28.8. The van der Waals surface area contributed by atoms with Crippen molar-refractivity contribution in [1.29, 1.82) is 0 Å². The first kappa shape index (κ1) is 20.7. The smallest absolute Gasteiger partial charge is 0.268 e. The van der Waals surface area contributed by atoms with Gasteiger partial charge in [-0.3, -0.25) is 9.59 Å². The van der Waals surface area contributed by atoms with Crippen molar-refractivity contribution in [2.75, 3.05) is 17.2 Å². The summed E-state index contributed by atoms with van der Waals surface area (Å²) in [5.74, 6) is -1.54. The van der Waals surface area contributed by atoms with E-state index in [2.05, 4.69) is 0 Å². The molecule has 0 unspecified atom stereocenters. The number of carbonyl (C=O) groups excluding carboxylic acids is 2. The van der Waals surface area contributed by atoms with Crippen molar-refractivity contribution in [2.45, 2.75) is 18.3 Å². The lowest BCUT2D eigenvalue weighted by molar-refractivity contribution is -0.123. The number of rotatable bonds is 3. The Hall–Kier alpha value is -3.19. The molecule has 3 aromatic carbocycles. The summed E-state index contributed by atoms with van der Waals surface area (Å²) in [6.45, 7) is 2.53. The van der Waals surface area contributed by atoms with Crippen LogP contribution in [0.25, 0.3) is 0 Å². The van der Waals surface area contributed by atoms with Crippen molar-refractivity contribution in [3.05, 3.63) is 101 Å². The number of hydrogen-bond acceptors (Lipinski definition) is 3. The minimum atomic E-state index is -1.42. The topological polar surface area (TPSA) is 40.6 Å². The Bertz CT molecular complexity index is 1250. The number of hydrogen-bond donors (Lipinski definition) is 0. The third-order valence-corrected chi connectivity index (χ3v) is 7.35. The van der Waals surface area contributed by atoms with Crippen LogP contribution in [0.3, 0.4) is 0 Å². The number of carbonyl (C=O) groups is 2. The van der Waals surface area contributed by atoms with Gasteiger partial charge in [0.05, 0.1) is 17.8 Å². The van der Waals surface area contributed by atoms with Gasteiger partial charge in [-0.25, -0.2) is 8.78 Å². The lowest BCUT2D eigenvalue weighted by Crippen LogP contribution is -2.50. The lowest BCUT2D eigenvalue weighted by Gasteiger charge is -2.33. The van der Waals surface area contributed by atoms with E-state index < -0.39 is 22.4 Å². The molecule has 0 aromatic heterocycles. The lowest BCUT2D eigenvalue weighted by atomic mass is 10.0. The van der Waals surface area contributed by atoms with Crippen molar-refractivity contribution in [2.24, 2.45) is 0 Å². The molecule has 0 radical (unpaired) electrons. The van der Waals surface area contributed by atoms with Gasteiger partial charge in [0.2, 0.25) is 0 Å². The molecule has 0 bridgehead atoms. The number of benzene rings is 3. The standard InChI is InChI=1S/C25H20F2N2O2S/c1-16-5-4-6-17(13-16)15-28-22-10-9-18(26)14-20(22)25(24(28)31)29(11-12-32-25)23(30)19-7-2-3-8-21(19)27/h2-10,13-14H,11-12,15H2,1H3/t25-/m0/s1. The van der Waals surface area contributed by atoms with E-state index in [0.29, 0.717) is 23.5 Å². The van der Waals surface area contributed by atoms with Gasteiger partial charge in [0.15, 0.2) is 4.87 Å². The molecule has 2 aliphatic heterocycles. The minimum absolute atomic E-state index is 0.0998. The van der Waals surface area contributed by atoms with Gasteiger partial charge in [-0.1, -0.05) is 42.0 Å². The van der Waals surface area contributed by atoms with Crippen molar-refractivity contribution in [1.82, 2.24) is 4.90 Å². The molecular weight excluding hydrogens is 430 g/mol. The first-order valence-corrected chi connectivity index (χ1v) is 11.3. The van der Waals surface area contributed by atoms with Crippen molar-refractivity contribution < 1.29 is 18.4 Å². The number of nitrogens with zero attached hydrogens (tertiary/aromatic N) is 2. The van der Waals surface area contributed by atoms with E-state index in [1.54, 1.807) is 17.0 Å². The minimum Gasteiger partial charge on any atom is -0.311 e. The van der Waals surface area contributed by atoms with Crippen molar-refractivity contribution in [3.63, 3.8) is 0 Å². The van der Waals surface area contributed by atoms with Gasteiger partial charge in [-0.15, -0.1) is 11.8 Å². The molecule has 5 rings (SSSR count). The zero-order chi connectivity index (χ0) is 22.5. The zero-order valence-electron chi connectivity index (χ0n) is 17.3. The number of aryl methyl sites for hydroxylation is 1. The Morgan fingerprint density at radius 1 is 1.06 bits per heavy atom. The largest absolute Gasteiger partial charge is 0.311 e. The van der Waals surface area contributed by atoms with Crippen LogP contribution in [-0.4, -0.2) is 29.0 Å². The second-order valence-corrected chi connectivity index (χ2v) is 9.26. The molecule has 2 heterocycles. The number of halogens is 2. The number of anilines is 1. The van der Waals surface area contributed by atoms with Crippen molar-refractivity contribution >= 4 is 29.3 Å². The Kier molecular flexibility index (Phi) is 5.01. The van der Waals surface area contributed by atoms with E-state index in [-0.39, 0.29) is 18.0 Å². The maximum Gasteiger partial charge on any atom is 0.268 e. The van der Waals surface area contributed by atoms with Crippen LogP contribution in [0.4, 0.5) is 14.5 Å². The molecule has 1 spiro atoms. The number of amides is 2. The highest BCUT2D eigenvalue weighted by Gasteiger charge is 2.59. The van der Waals surface area contributed by atoms with Crippen LogP contribution in [0.1, 0.15) is 27.0 Å². The van der Waals surface area contributed by atoms with Crippen LogP contribution in [-0.2, 0) is 16.2 Å². The molecule has 2 aliphatic rings. The summed E-state index contributed by atoms with van der Waals surface area (Å²) in [4.78, 5) is 28.9. The van der Waals surface area contributed by atoms with Gasteiger partial charge in [0.25, 0.3) is 11.8 Å². The van der Waals surface area contributed by atoms with Crippen LogP contribution >= 0.6 is 11.8 Å². The summed E-state index contributed by atoms with van der Waals surface area (Å²) in [6, 6.07) is 17.8. The van der Waals surface area contributed by atoms with Gasteiger partial charge in [0, 0.05) is 17.9 Å². The van der Waals surface area contributed by atoms with Crippen LogP contribution in [0.5, 0.6) is 0 Å². The van der Waals surface area contributed by atoms with E-state index >= 15 is 0 Å². The molecule has 7 heteroatoms. The Morgan fingerprint density at radius 2 is 1.88 bits per heavy atom. The molecule has 0 N–H and O–H groups in total. The van der Waals surface area contributed by atoms with E-state index in [1.165, 1.54) is 47.0 Å². The molecule has 2 amide bonds. The fourth-order valence-electron chi connectivity index (χ4n) is 4.52. The van der Waals surface area contributed by atoms with Crippen LogP contribution in [0, 0.1) is 18.6 Å². The Labute approximate surface area is 188 Å². The van der Waals surface area contributed by atoms with Crippen LogP contribution in [0.2, 0.25) is 0 Å². The van der Waals surface area contributed by atoms with E-state index in [9.17, 15) is 18.4 Å². The summed E-state index contributed by atoms with van der Waals surface area (Å²) in [7, 11) is 0. The predicted octanol–water partition coefficient (Wildman–Crippen LogP) is 4.86. The van der Waals surface area contributed by atoms with Gasteiger partial charge < -0.3 is 9.80 Å². The maximum atomic E-state index is 14.4. The van der Waals surface area contributed by atoms with E-state index in [0.717, 1.165) is 11.1 Å². The first-order chi connectivity index (χ1) is 15.4.